The van der Waals surface area contributed by atoms with Crippen LogP contribution in [0, 0.1) is 10.4 Å². The Labute approximate surface area is 152 Å². The number of hydrogen-bond acceptors (Lipinski definition) is 2. The van der Waals surface area contributed by atoms with Gasteiger partial charge in [-0.15, -0.1) is 0 Å². The van der Waals surface area contributed by atoms with Crippen LogP contribution in [0.15, 0.2) is 54.9 Å². The first-order valence-electron chi connectivity index (χ1n) is 8.77. The Morgan fingerprint density at radius 3 is 2.44 bits per heavy atom. The van der Waals surface area contributed by atoms with Gasteiger partial charge in [0.1, 0.15) is 0 Å². The lowest BCUT2D eigenvalue weighted by Crippen LogP contribution is -2.21. The second-order valence-electron chi connectivity index (χ2n) is 6.37. The highest BCUT2D eigenvalue weighted by Gasteiger charge is 2.11. The van der Waals surface area contributed by atoms with Crippen LogP contribution in [-0.2, 0) is 12.8 Å². The Kier molecular flexibility index (Phi) is 4.62. The van der Waals surface area contributed by atoms with E-state index >= 15 is 0 Å². The zero-order valence-corrected chi connectivity index (χ0v) is 14.8. The van der Waals surface area contributed by atoms with Crippen LogP contribution < -0.4 is 21.3 Å². The summed E-state index contributed by atoms with van der Waals surface area (Å²) in [6, 6.07) is 10.8. The van der Waals surface area contributed by atoms with E-state index < -0.39 is 0 Å². The maximum absolute atomic E-state index is 6.31. The predicted octanol–water partition coefficient (Wildman–Crippen LogP) is 3.20. The quantitative estimate of drug-likeness (QED) is 0.764. The van der Waals surface area contributed by atoms with Crippen LogP contribution in [0.5, 0.6) is 0 Å². The van der Waals surface area contributed by atoms with Crippen LogP contribution >= 0.6 is 11.6 Å². The summed E-state index contributed by atoms with van der Waals surface area (Å²) in [4.78, 5) is 0. The molecule has 2 aromatic carbocycles. The standard InChI is InChI=1S/C18H15Cl.C4H6N2/c19-18-7-3-6-14-16-9-8-12-4-1-2-5-13(12)15(16)10-11-17(14)18;1-2-4-6-5-3-1/h3-4,6-9,11H,1-2,5,10H2;1-6H. The van der Waals surface area contributed by atoms with E-state index in [1.165, 1.54) is 45.7 Å². The largest absolute Gasteiger partial charge is 0.309 e. The van der Waals surface area contributed by atoms with Gasteiger partial charge in [0.2, 0.25) is 0 Å². The summed E-state index contributed by atoms with van der Waals surface area (Å²) in [5, 5.41) is 6.20. The molecular formula is C22H21ClN2. The summed E-state index contributed by atoms with van der Waals surface area (Å²) in [6.45, 7) is 0. The molecule has 0 fully saturated rings. The number of nitrogens with one attached hydrogen (secondary N) is 2. The van der Waals surface area contributed by atoms with E-state index in [1.54, 1.807) is 5.56 Å². The Morgan fingerprint density at radius 2 is 1.68 bits per heavy atom. The average Bonchev–Trinajstić information content (AvgIpc) is 2.69. The van der Waals surface area contributed by atoms with Crippen molar-refractivity contribution in [2.45, 2.75) is 25.7 Å². The van der Waals surface area contributed by atoms with Gasteiger partial charge in [-0.3, -0.25) is 0 Å². The Hall–Kier alpha value is -2.45. The summed E-state index contributed by atoms with van der Waals surface area (Å²) in [5.41, 5.74) is 8.61. The van der Waals surface area contributed by atoms with Crippen molar-refractivity contribution in [3.8, 4) is 0 Å². The molecule has 0 amide bonds. The average molecular weight is 349 g/mol. The molecule has 3 heteroatoms. The van der Waals surface area contributed by atoms with Gasteiger partial charge in [-0.1, -0.05) is 48.0 Å². The summed E-state index contributed by atoms with van der Waals surface area (Å²) < 4.78 is 0. The van der Waals surface area contributed by atoms with Gasteiger partial charge in [0.05, 0.1) is 0 Å². The highest BCUT2D eigenvalue weighted by atomic mass is 35.5. The summed E-state index contributed by atoms with van der Waals surface area (Å²) >= 11 is 6.31. The minimum absolute atomic E-state index is 0.868. The van der Waals surface area contributed by atoms with E-state index in [0.29, 0.717) is 0 Å². The van der Waals surface area contributed by atoms with Crippen LogP contribution in [0.25, 0.3) is 12.2 Å². The Bertz CT molecular complexity index is 1050. The zero-order valence-electron chi connectivity index (χ0n) is 14.1. The molecule has 0 bridgehead atoms. The molecule has 5 rings (SSSR count). The van der Waals surface area contributed by atoms with Crippen molar-refractivity contribution in [1.29, 1.82) is 0 Å². The van der Waals surface area contributed by atoms with E-state index in [1.807, 2.05) is 30.6 Å². The molecule has 2 aliphatic carbocycles. The van der Waals surface area contributed by atoms with Gasteiger partial charge in [0, 0.05) is 17.4 Å². The lowest BCUT2D eigenvalue weighted by Gasteiger charge is -2.16. The van der Waals surface area contributed by atoms with Crippen LogP contribution in [0.1, 0.15) is 24.0 Å². The van der Waals surface area contributed by atoms with E-state index in [2.05, 4.69) is 47.3 Å². The molecular weight excluding hydrogens is 328 g/mol. The van der Waals surface area contributed by atoms with E-state index in [0.717, 1.165) is 11.4 Å². The lowest BCUT2D eigenvalue weighted by molar-refractivity contribution is 0.767. The van der Waals surface area contributed by atoms with Gasteiger partial charge in [0.15, 0.2) is 0 Å². The topological polar surface area (TPSA) is 24.1 Å². The first kappa shape index (κ1) is 16.0. The number of fused-ring (bicyclic) bond motifs is 4. The fourth-order valence-electron chi connectivity index (χ4n) is 3.71. The monoisotopic (exact) mass is 348 g/mol. The number of hydrazine groups is 1. The molecule has 1 heterocycles. The molecule has 2 aromatic rings. The van der Waals surface area contributed by atoms with Crippen LogP contribution in [0.2, 0.25) is 5.02 Å². The molecule has 0 aromatic heterocycles. The number of halogens is 1. The van der Waals surface area contributed by atoms with Crippen molar-refractivity contribution >= 4 is 23.8 Å². The maximum Gasteiger partial charge on any atom is 0.0481 e. The van der Waals surface area contributed by atoms with Crippen molar-refractivity contribution in [2.24, 2.45) is 0 Å². The van der Waals surface area contributed by atoms with Crippen molar-refractivity contribution < 1.29 is 0 Å². The second kappa shape index (κ2) is 7.20. The van der Waals surface area contributed by atoms with Gasteiger partial charge < -0.3 is 10.9 Å². The minimum atomic E-state index is 0.868. The summed E-state index contributed by atoms with van der Waals surface area (Å²) in [5.74, 6) is 0. The number of hydrogen-bond donors (Lipinski definition) is 2. The van der Waals surface area contributed by atoms with Gasteiger partial charge in [0.25, 0.3) is 0 Å². The molecule has 0 spiro atoms. The van der Waals surface area contributed by atoms with E-state index in [9.17, 15) is 0 Å². The normalized spacial score (nSPS) is 15.7. The third-order valence-corrected chi connectivity index (χ3v) is 5.20. The first-order chi connectivity index (χ1) is 12.3. The highest BCUT2D eigenvalue weighted by Crippen LogP contribution is 2.18. The fraction of sp³-hybridized carbons (Fsp3) is 0.182. The van der Waals surface area contributed by atoms with Crippen molar-refractivity contribution in [1.82, 2.24) is 10.9 Å². The number of benzene rings is 2. The molecule has 126 valence electrons. The minimum Gasteiger partial charge on any atom is -0.309 e. The summed E-state index contributed by atoms with van der Waals surface area (Å²) in [7, 11) is 0. The number of rotatable bonds is 0. The second-order valence-corrected chi connectivity index (χ2v) is 6.78. The molecule has 0 radical (unpaired) electrons. The van der Waals surface area contributed by atoms with Gasteiger partial charge in [-0.2, -0.15) is 0 Å². The molecule has 0 atom stereocenters. The van der Waals surface area contributed by atoms with Crippen LogP contribution in [-0.4, -0.2) is 0 Å². The van der Waals surface area contributed by atoms with Gasteiger partial charge in [-0.05, 0) is 75.9 Å². The smallest absolute Gasteiger partial charge is 0.0481 e. The molecule has 0 saturated carbocycles. The molecule has 2 N–H and O–H groups in total. The molecule has 0 unspecified atom stereocenters. The van der Waals surface area contributed by atoms with Crippen molar-refractivity contribution in [3.63, 3.8) is 0 Å². The summed E-state index contributed by atoms with van der Waals surface area (Å²) in [6.07, 6.45) is 16.9. The molecule has 0 saturated heterocycles. The van der Waals surface area contributed by atoms with Crippen LogP contribution in [0.3, 0.4) is 0 Å². The lowest BCUT2D eigenvalue weighted by atomic mass is 9.89. The van der Waals surface area contributed by atoms with Crippen LogP contribution in [0.4, 0.5) is 0 Å². The van der Waals surface area contributed by atoms with Crippen molar-refractivity contribution in [3.05, 3.63) is 91.9 Å². The van der Waals surface area contributed by atoms with E-state index in [-0.39, 0.29) is 0 Å². The maximum atomic E-state index is 6.31. The SMILES string of the molecule is C1=CNNC=C1.Clc1cccc2c1=CCc1c3c(ccc1=2)=CCCC3. The highest BCUT2D eigenvalue weighted by molar-refractivity contribution is 6.30. The predicted molar refractivity (Wildman–Crippen MR) is 105 cm³/mol. The Morgan fingerprint density at radius 1 is 0.840 bits per heavy atom. The molecule has 2 nitrogen and oxygen atoms in total. The number of allylic oxidation sites excluding steroid dienone is 2. The Balaban J connectivity index is 0.000000223. The van der Waals surface area contributed by atoms with E-state index in [4.69, 9.17) is 11.6 Å². The molecule has 3 aliphatic rings. The third kappa shape index (κ3) is 3.22. The molecule has 25 heavy (non-hydrogen) atoms. The van der Waals surface area contributed by atoms with Crippen molar-refractivity contribution in [2.75, 3.05) is 0 Å². The first-order valence-corrected chi connectivity index (χ1v) is 9.15. The van der Waals surface area contributed by atoms with Gasteiger partial charge >= 0.3 is 0 Å². The molecule has 1 aliphatic heterocycles. The van der Waals surface area contributed by atoms with Gasteiger partial charge in [-0.25, -0.2) is 0 Å². The zero-order chi connectivity index (χ0) is 17.1. The fourth-order valence-corrected chi connectivity index (χ4v) is 3.96. The third-order valence-electron chi connectivity index (χ3n) is 4.87.